The molecule has 0 bridgehead atoms. The van der Waals surface area contributed by atoms with Crippen LogP contribution in [-0.4, -0.2) is 9.38 Å². The van der Waals surface area contributed by atoms with Crippen molar-refractivity contribution in [3.05, 3.63) is 44.9 Å². The van der Waals surface area contributed by atoms with Gasteiger partial charge in [-0.05, 0) is 28.1 Å². The third kappa shape index (κ3) is 1.71. The zero-order chi connectivity index (χ0) is 11.9. The molecule has 0 unspecified atom stereocenters. The first-order valence-corrected chi connectivity index (χ1v) is 4.94. The molecule has 0 aromatic carbocycles. The molecule has 0 saturated carbocycles. The van der Waals surface area contributed by atoms with E-state index in [0.29, 0.717) is 0 Å². The summed E-state index contributed by atoms with van der Waals surface area (Å²) in [5, 5.41) is 0. The molecule has 0 amide bonds. The number of hydrogen-bond acceptors (Lipinski definition) is 2. The fraction of sp³-hybridized carbons (Fsp3) is 0.111. The van der Waals surface area contributed by atoms with Crippen LogP contribution in [0.3, 0.4) is 0 Å². The van der Waals surface area contributed by atoms with Crippen molar-refractivity contribution in [2.75, 3.05) is 0 Å². The Balaban J connectivity index is 2.90. The Morgan fingerprint density at radius 1 is 1.31 bits per heavy atom. The van der Waals surface area contributed by atoms with Crippen molar-refractivity contribution in [1.29, 1.82) is 0 Å². The minimum absolute atomic E-state index is 0.0389. The minimum Gasteiger partial charge on any atom is -0.268 e. The molecule has 16 heavy (non-hydrogen) atoms. The SMILES string of the molecule is O=c1c(Br)c(C(F)(F)F)nc2ccccn12. The molecule has 0 aliphatic carbocycles. The Morgan fingerprint density at radius 3 is 2.62 bits per heavy atom. The zero-order valence-corrected chi connectivity index (χ0v) is 9.21. The number of alkyl halides is 3. The smallest absolute Gasteiger partial charge is 0.268 e. The van der Waals surface area contributed by atoms with E-state index < -0.39 is 21.9 Å². The summed E-state index contributed by atoms with van der Waals surface area (Å²) in [4.78, 5) is 15.0. The lowest BCUT2D eigenvalue weighted by atomic mass is 10.3. The van der Waals surface area contributed by atoms with Crippen molar-refractivity contribution in [3.63, 3.8) is 0 Å². The van der Waals surface area contributed by atoms with Gasteiger partial charge in [0.1, 0.15) is 10.1 Å². The summed E-state index contributed by atoms with van der Waals surface area (Å²) in [7, 11) is 0. The van der Waals surface area contributed by atoms with E-state index in [0.717, 1.165) is 4.40 Å². The van der Waals surface area contributed by atoms with E-state index in [1.54, 1.807) is 0 Å². The molecule has 0 aliphatic rings. The van der Waals surface area contributed by atoms with Crippen molar-refractivity contribution in [2.45, 2.75) is 6.18 Å². The van der Waals surface area contributed by atoms with Gasteiger partial charge in [-0.15, -0.1) is 0 Å². The third-order valence-corrected chi connectivity index (χ3v) is 2.66. The van der Waals surface area contributed by atoms with Crippen LogP contribution in [0.15, 0.2) is 33.7 Å². The monoisotopic (exact) mass is 292 g/mol. The van der Waals surface area contributed by atoms with Crippen molar-refractivity contribution >= 4 is 21.6 Å². The lowest BCUT2D eigenvalue weighted by Gasteiger charge is -2.09. The minimum atomic E-state index is -4.65. The van der Waals surface area contributed by atoms with E-state index in [4.69, 9.17) is 0 Å². The van der Waals surface area contributed by atoms with Gasteiger partial charge in [-0.3, -0.25) is 9.20 Å². The van der Waals surface area contributed by atoms with Crippen molar-refractivity contribution < 1.29 is 13.2 Å². The quantitative estimate of drug-likeness (QED) is 0.748. The number of pyridine rings is 1. The highest BCUT2D eigenvalue weighted by molar-refractivity contribution is 9.10. The molecule has 84 valence electrons. The molecule has 0 spiro atoms. The van der Waals surface area contributed by atoms with Crippen LogP contribution in [-0.2, 0) is 6.18 Å². The fourth-order valence-electron chi connectivity index (χ4n) is 1.26. The molecule has 2 aromatic heterocycles. The average molecular weight is 293 g/mol. The Kier molecular flexibility index (Phi) is 2.49. The zero-order valence-electron chi connectivity index (χ0n) is 7.62. The lowest BCUT2D eigenvalue weighted by Crippen LogP contribution is -2.22. The molecule has 0 radical (unpaired) electrons. The average Bonchev–Trinajstić information content (AvgIpc) is 2.22. The van der Waals surface area contributed by atoms with Gasteiger partial charge in [0.15, 0.2) is 5.69 Å². The van der Waals surface area contributed by atoms with Crippen molar-refractivity contribution in [2.24, 2.45) is 0 Å². The van der Waals surface area contributed by atoms with Gasteiger partial charge in [-0.25, -0.2) is 4.98 Å². The Labute approximate surface area is 95.7 Å². The second kappa shape index (κ2) is 3.58. The first-order chi connectivity index (χ1) is 7.41. The first kappa shape index (κ1) is 11.1. The van der Waals surface area contributed by atoms with Crippen LogP contribution in [0.1, 0.15) is 5.69 Å². The normalized spacial score (nSPS) is 12.0. The Morgan fingerprint density at radius 2 is 2.00 bits per heavy atom. The molecule has 2 heterocycles. The van der Waals surface area contributed by atoms with E-state index in [1.165, 1.54) is 24.4 Å². The number of rotatable bonds is 0. The molecule has 0 N–H and O–H groups in total. The van der Waals surface area contributed by atoms with Crippen molar-refractivity contribution in [1.82, 2.24) is 9.38 Å². The van der Waals surface area contributed by atoms with E-state index in [-0.39, 0.29) is 5.65 Å². The van der Waals surface area contributed by atoms with Crippen LogP contribution in [0.4, 0.5) is 13.2 Å². The number of hydrogen-bond donors (Lipinski definition) is 0. The summed E-state index contributed by atoms with van der Waals surface area (Å²) >= 11 is 2.62. The highest BCUT2D eigenvalue weighted by Gasteiger charge is 2.36. The maximum atomic E-state index is 12.5. The Bertz CT molecular complexity index is 606. The topological polar surface area (TPSA) is 34.4 Å². The summed E-state index contributed by atoms with van der Waals surface area (Å²) in [6.45, 7) is 0. The molecule has 2 rings (SSSR count). The van der Waals surface area contributed by atoms with Crippen molar-refractivity contribution in [3.8, 4) is 0 Å². The second-order valence-electron chi connectivity index (χ2n) is 3.01. The van der Waals surface area contributed by atoms with Gasteiger partial charge in [-0.2, -0.15) is 13.2 Å². The largest absolute Gasteiger partial charge is 0.434 e. The molecule has 7 heteroatoms. The molecule has 0 saturated heterocycles. The van der Waals surface area contributed by atoms with Crippen LogP contribution < -0.4 is 5.56 Å². The molecule has 3 nitrogen and oxygen atoms in total. The van der Waals surface area contributed by atoms with E-state index in [9.17, 15) is 18.0 Å². The molecule has 2 aromatic rings. The van der Waals surface area contributed by atoms with Gasteiger partial charge >= 0.3 is 6.18 Å². The van der Waals surface area contributed by atoms with Crippen LogP contribution in [0.5, 0.6) is 0 Å². The number of halogens is 4. The maximum absolute atomic E-state index is 12.5. The summed E-state index contributed by atoms with van der Waals surface area (Å²) in [5.41, 5.74) is -2.02. The first-order valence-electron chi connectivity index (χ1n) is 4.15. The third-order valence-electron chi connectivity index (χ3n) is 1.95. The van der Waals surface area contributed by atoms with E-state index in [1.807, 2.05) is 0 Å². The predicted molar refractivity (Wildman–Crippen MR) is 54.2 cm³/mol. The number of fused-ring (bicyclic) bond motifs is 1. The van der Waals surface area contributed by atoms with Gasteiger partial charge in [0, 0.05) is 6.20 Å². The van der Waals surface area contributed by atoms with Gasteiger partial charge in [0.25, 0.3) is 5.56 Å². The van der Waals surface area contributed by atoms with E-state index in [2.05, 4.69) is 20.9 Å². The molecule has 0 fully saturated rings. The second-order valence-corrected chi connectivity index (χ2v) is 3.80. The molecule has 0 atom stereocenters. The predicted octanol–water partition coefficient (Wildman–Crippen LogP) is 2.48. The van der Waals surface area contributed by atoms with Crippen LogP contribution in [0.2, 0.25) is 0 Å². The Hall–Kier alpha value is -1.37. The highest BCUT2D eigenvalue weighted by atomic mass is 79.9. The summed E-state index contributed by atoms with van der Waals surface area (Å²) < 4.78 is 38.0. The molecule has 0 aliphatic heterocycles. The number of nitrogens with zero attached hydrogens (tertiary/aromatic N) is 2. The van der Waals surface area contributed by atoms with Gasteiger partial charge < -0.3 is 0 Å². The fourth-order valence-corrected chi connectivity index (χ4v) is 1.76. The summed E-state index contributed by atoms with van der Waals surface area (Å²) in [6.07, 6.45) is -3.29. The van der Waals surface area contributed by atoms with Crippen LogP contribution in [0.25, 0.3) is 5.65 Å². The van der Waals surface area contributed by atoms with Gasteiger partial charge in [-0.1, -0.05) is 6.07 Å². The highest BCUT2D eigenvalue weighted by Crippen LogP contribution is 2.31. The van der Waals surface area contributed by atoms with Crippen LogP contribution in [0, 0.1) is 0 Å². The summed E-state index contributed by atoms with van der Waals surface area (Å²) in [5.74, 6) is 0. The summed E-state index contributed by atoms with van der Waals surface area (Å²) in [6, 6.07) is 4.38. The lowest BCUT2D eigenvalue weighted by molar-refractivity contribution is -0.141. The van der Waals surface area contributed by atoms with Gasteiger partial charge in [0.2, 0.25) is 0 Å². The van der Waals surface area contributed by atoms with E-state index >= 15 is 0 Å². The maximum Gasteiger partial charge on any atom is 0.434 e. The van der Waals surface area contributed by atoms with Gasteiger partial charge in [0.05, 0.1) is 0 Å². The molecular formula is C9H4BrF3N2O. The van der Waals surface area contributed by atoms with Crippen LogP contribution >= 0.6 is 15.9 Å². The standard InChI is InChI=1S/C9H4BrF3N2O/c10-6-7(9(11,12)13)14-5-3-1-2-4-15(5)8(6)16/h1-4H. The molecular weight excluding hydrogens is 289 g/mol. The number of aromatic nitrogens is 2.